The van der Waals surface area contributed by atoms with Crippen LogP contribution in [0.2, 0.25) is 0 Å². The number of amides is 1. The van der Waals surface area contributed by atoms with Crippen molar-refractivity contribution in [3.63, 3.8) is 0 Å². The van der Waals surface area contributed by atoms with Crippen molar-refractivity contribution in [1.82, 2.24) is 20.2 Å². The van der Waals surface area contributed by atoms with Gasteiger partial charge in [-0.25, -0.2) is 4.98 Å². The van der Waals surface area contributed by atoms with Gasteiger partial charge in [0.2, 0.25) is 5.91 Å². The molecule has 2 heterocycles. The van der Waals surface area contributed by atoms with Crippen molar-refractivity contribution in [1.29, 1.82) is 0 Å². The average molecular weight is 272 g/mol. The Bertz CT molecular complexity index is 613. The smallest absolute Gasteiger partial charge is 0.223 e. The van der Waals surface area contributed by atoms with E-state index in [4.69, 9.17) is 0 Å². The summed E-state index contributed by atoms with van der Waals surface area (Å²) in [7, 11) is 1.98. The zero-order chi connectivity index (χ0) is 13.9. The van der Waals surface area contributed by atoms with E-state index in [0.29, 0.717) is 6.54 Å². The molecule has 1 aromatic heterocycles. The molecule has 1 fully saturated rings. The highest BCUT2D eigenvalue weighted by atomic mass is 16.1. The van der Waals surface area contributed by atoms with Crippen LogP contribution in [0.15, 0.2) is 24.5 Å². The van der Waals surface area contributed by atoms with E-state index in [0.717, 1.165) is 42.5 Å². The first kappa shape index (κ1) is 13.1. The number of piperidine rings is 1. The number of hydrogen-bond donors (Lipinski definition) is 2. The Balaban J connectivity index is 1.62. The van der Waals surface area contributed by atoms with Crippen molar-refractivity contribution >= 4 is 16.9 Å². The van der Waals surface area contributed by atoms with Gasteiger partial charge in [-0.2, -0.15) is 0 Å². The van der Waals surface area contributed by atoms with Crippen LogP contribution >= 0.6 is 0 Å². The number of nitrogens with zero attached hydrogens (tertiary/aromatic N) is 2. The van der Waals surface area contributed by atoms with Crippen LogP contribution in [0.5, 0.6) is 0 Å². The van der Waals surface area contributed by atoms with E-state index < -0.39 is 0 Å². The third-order valence-corrected chi connectivity index (χ3v) is 3.97. The summed E-state index contributed by atoms with van der Waals surface area (Å²) in [5.74, 6) is 0.336. The Morgan fingerprint density at radius 3 is 3.05 bits per heavy atom. The van der Waals surface area contributed by atoms with E-state index >= 15 is 0 Å². The fourth-order valence-electron chi connectivity index (χ4n) is 2.71. The van der Waals surface area contributed by atoms with Gasteiger partial charge in [0.1, 0.15) is 0 Å². The van der Waals surface area contributed by atoms with Crippen LogP contribution in [0.1, 0.15) is 18.4 Å². The van der Waals surface area contributed by atoms with E-state index in [-0.39, 0.29) is 11.8 Å². The molecule has 2 aromatic rings. The molecular formula is C15H20N4O. The van der Waals surface area contributed by atoms with Crippen LogP contribution < -0.4 is 10.6 Å². The lowest BCUT2D eigenvalue weighted by Crippen LogP contribution is -2.37. The zero-order valence-electron chi connectivity index (χ0n) is 11.7. The standard InChI is InChI=1S/C15H20N4O/c1-19-10-18-13-8-11(2-3-14(13)19)9-17-15(20)12-4-6-16-7-5-12/h2-3,8,10,12,16H,4-7,9H2,1H3,(H,17,20). The van der Waals surface area contributed by atoms with Crippen LogP contribution in [0.4, 0.5) is 0 Å². The summed E-state index contributed by atoms with van der Waals surface area (Å²) in [5, 5.41) is 6.31. The van der Waals surface area contributed by atoms with E-state index in [1.54, 1.807) is 0 Å². The number of hydrogen-bond acceptors (Lipinski definition) is 3. The van der Waals surface area contributed by atoms with Gasteiger partial charge in [0, 0.05) is 19.5 Å². The number of aromatic nitrogens is 2. The maximum Gasteiger partial charge on any atom is 0.223 e. The topological polar surface area (TPSA) is 59.0 Å². The fourth-order valence-corrected chi connectivity index (χ4v) is 2.71. The summed E-state index contributed by atoms with van der Waals surface area (Å²) < 4.78 is 1.99. The first-order chi connectivity index (χ1) is 9.74. The summed E-state index contributed by atoms with van der Waals surface area (Å²) in [6, 6.07) is 6.14. The normalized spacial score (nSPS) is 16.4. The number of aryl methyl sites for hydroxylation is 1. The number of imidazole rings is 1. The minimum atomic E-state index is 0.162. The van der Waals surface area contributed by atoms with Gasteiger partial charge in [-0.1, -0.05) is 6.07 Å². The van der Waals surface area contributed by atoms with Crippen molar-refractivity contribution in [2.45, 2.75) is 19.4 Å². The van der Waals surface area contributed by atoms with Crippen LogP contribution in [-0.4, -0.2) is 28.5 Å². The Kier molecular flexibility index (Phi) is 3.69. The van der Waals surface area contributed by atoms with Crippen molar-refractivity contribution in [3.8, 4) is 0 Å². The van der Waals surface area contributed by atoms with Crippen LogP contribution in [-0.2, 0) is 18.4 Å². The number of fused-ring (bicyclic) bond motifs is 1. The molecule has 0 bridgehead atoms. The van der Waals surface area contributed by atoms with Crippen LogP contribution in [0.3, 0.4) is 0 Å². The van der Waals surface area contributed by atoms with Gasteiger partial charge in [0.25, 0.3) is 0 Å². The molecule has 1 aliphatic heterocycles. The first-order valence-electron chi connectivity index (χ1n) is 7.12. The van der Waals surface area contributed by atoms with Crippen LogP contribution in [0, 0.1) is 5.92 Å². The molecule has 5 heteroatoms. The molecule has 5 nitrogen and oxygen atoms in total. The van der Waals surface area contributed by atoms with Gasteiger partial charge in [-0.05, 0) is 43.6 Å². The van der Waals surface area contributed by atoms with Gasteiger partial charge >= 0.3 is 0 Å². The summed E-state index contributed by atoms with van der Waals surface area (Å²) in [6.45, 7) is 2.46. The first-order valence-corrected chi connectivity index (χ1v) is 7.12. The molecule has 1 aromatic carbocycles. The van der Waals surface area contributed by atoms with Gasteiger partial charge in [-0.15, -0.1) is 0 Å². The maximum atomic E-state index is 12.1. The number of nitrogens with one attached hydrogen (secondary N) is 2. The minimum Gasteiger partial charge on any atom is -0.352 e. The van der Waals surface area contributed by atoms with Crippen molar-refractivity contribution in [3.05, 3.63) is 30.1 Å². The molecule has 1 aliphatic rings. The third-order valence-electron chi connectivity index (χ3n) is 3.97. The average Bonchev–Trinajstić information content (AvgIpc) is 2.87. The molecule has 0 unspecified atom stereocenters. The molecule has 1 amide bonds. The van der Waals surface area contributed by atoms with Crippen molar-refractivity contribution < 1.29 is 4.79 Å². The zero-order valence-corrected chi connectivity index (χ0v) is 11.7. The second-order valence-electron chi connectivity index (χ2n) is 5.42. The predicted molar refractivity (Wildman–Crippen MR) is 78.2 cm³/mol. The van der Waals surface area contributed by atoms with Crippen molar-refractivity contribution in [2.24, 2.45) is 13.0 Å². The highest BCUT2D eigenvalue weighted by Crippen LogP contribution is 2.15. The van der Waals surface area contributed by atoms with E-state index in [9.17, 15) is 4.79 Å². The molecule has 0 saturated carbocycles. The Morgan fingerprint density at radius 1 is 1.45 bits per heavy atom. The molecule has 0 radical (unpaired) electrons. The van der Waals surface area contributed by atoms with Gasteiger partial charge < -0.3 is 15.2 Å². The van der Waals surface area contributed by atoms with Gasteiger partial charge in [0.05, 0.1) is 17.4 Å². The highest BCUT2D eigenvalue weighted by molar-refractivity contribution is 5.79. The van der Waals surface area contributed by atoms with Gasteiger partial charge in [0.15, 0.2) is 0 Å². The number of carbonyl (C=O) groups is 1. The molecule has 0 atom stereocenters. The highest BCUT2D eigenvalue weighted by Gasteiger charge is 2.20. The summed E-state index contributed by atoms with van der Waals surface area (Å²) >= 11 is 0. The quantitative estimate of drug-likeness (QED) is 0.882. The Hall–Kier alpha value is -1.88. The third kappa shape index (κ3) is 2.67. The van der Waals surface area contributed by atoms with E-state index in [2.05, 4.69) is 15.6 Å². The maximum absolute atomic E-state index is 12.1. The monoisotopic (exact) mass is 272 g/mol. The molecule has 1 saturated heterocycles. The van der Waals surface area contributed by atoms with E-state index in [1.165, 1.54) is 0 Å². The summed E-state index contributed by atoms with van der Waals surface area (Å²) in [5.41, 5.74) is 3.18. The molecule has 106 valence electrons. The molecular weight excluding hydrogens is 252 g/mol. The summed E-state index contributed by atoms with van der Waals surface area (Å²) in [4.78, 5) is 16.4. The number of benzene rings is 1. The molecule has 0 spiro atoms. The molecule has 3 rings (SSSR count). The number of carbonyl (C=O) groups excluding carboxylic acids is 1. The van der Waals surface area contributed by atoms with E-state index in [1.807, 2.05) is 36.1 Å². The molecule has 0 aliphatic carbocycles. The fraction of sp³-hybridized carbons (Fsp3) is 0.467. The second kappa shape index (κ2) is 5.63. The summed E-state index contributed by atoms with van der Waals surface area (Å²) in [6.07, 6.45) is 3.68. The number of rotatable bonds is 3. The molecule has 2 N–H and O–H groups in total. The van der Waals surface area contributed by atoms with Gasteiger partial charge in [-0.3, -0.25) is 4.79 Å². The Labute approximate surface area is 118 Å². The lowest BCUT2D eigenvalue weighted by Gasteiger charge is -2.21. The largest absolute Gasteiger partial charge is 0.352 e. The van der Waals surface area contributed by atoms with Crippen molar-refractivity contribution in [2.75, 3.05) is 13.1 Å². The lowest BCUT2D eigenvalue weighted by atomic mass is 9.97. The predicted octanol–water partition coefficient (Wildman–Crippen LogP) is 1.19. The SMILES string of the molecule is Cn1cnc2cc(CNC(=O)C3CCNCC3)ccc21. The minimum absolute atomic E-state index is 0.162. The van der Waals surface area contributed by atoms with Crippen LogP contribution in [0.25, 0.3) is 11.0 Å². The Morgan fingerprint density at radius 2 is 2.25 bits per heavy atom. The molecule has 20 heavy (non-hydrogen) atoms. The second-order valence-corrected chi connectivity index (χ2v) is 5.42. The lowest BCUT2D eigenvalue weighted by molar-refractivity contribution is -0.125.